The smallest absolute Gasteiger partial charge is 0.0693 e. The van der Waals surface area contributed by atoms with E-state index in [2.05, 4.69) is 38.1 Å². The lowest BCUT2D eigenvalue weighted by molar-refractivity contribution is 0.406. The van der Waals surface area contributed by atoms with Crippen molar-refractivity contribution in [1.82, 2.24) is 0 Å². The summed E-state index contributed by atoms with van der Waals surface area (Å²) < 4.78 is 0. The van der Waals surface area contributed by atoms with Gasteiger partial charge in [-0.05, 0) is 49.8 Å². The Morgan fingerprint density at radius 1 is 1.19 bits per heavy atom. The van der Waals surface area contributed by atoms with Crippen LogP contribution in [0.5, 0.6) is 0 Å². The molecule has 0 aromatic heterocycles. The Morgan fingerprint density at radius 3 is 2.25 bits per heavy atom. The number of benzene rings is 1. The van der Waals surface area contributed by atoms with Gasteiger partial charge in [0.1, 0.15) is 0 Å². The van der Waals surface area contributed by atoms with Crippen LogP contribution in [-0.2, 0) is 6.42 Å². The van der Waals surface area contributed by atoms with E-state index in [0.717, 1.165) is 19.3 Å². The standard InChI is InChI=1S/C15H19N/c1-12-6-5-7-13(2)14(12)10-15(11-16)8-3-4-9-15/h5-7H,3-4,8-10H2,1-2H3. The van der Waals surface area contributed by atoms with E-state index in [-0.39, 0.29) is 5.41 Å². The van der Waals surface area contributed by atoms with Gasteiger partial charge in [-0.2, -0.15) is 5.26 Å². The van der Waals surface area contributed by atoms with Crippen molar-refractivity contribution in [2.45, 2.75) is 46.0 Å². The number of nitrogens with zero attached hydrogens (tertiary/aromatic N) is 1. The fourth-order valence-corrected chi connectivity index (χ4v) is 2.85. The number of nitriles is 1. The van der Waals surface area contributed by atoms with E-state index < -0.39 is 0 Å². The summed E-state index contributed by atoms with van der Waals surface area (Å²) in [5, 5.41) is 9.41. The third-order valence-corrected chi connectivity index (χ3v) is 3.96. The Hall–Kier alpha value is -1.29. The molecule has 1 saturated carbocycles. The first-order valence-electron chi connectivity index (χ1n) is 6.13. The fourth-order valence-electron chi connectivity index (χ4n) is 2.85. The highest BCUT2D eigenvalue weighted by atomic mass is 14.4. The Kier molecular flexibility index (Phi) is 3.01. The van der Waals surface area contributed by atoms with E-state index in [1.807, 2.05) is 0 Å². The lowest BCUT2D eigenvalue weighted by atomic mass is 9.79. The van der Waals surface area contributed by atoms with Crippen molar-refractivity contribution in [3.05, 3.63) is 34.9 Å². The number of aryl methyl sites for hydroxylation is 2. The van der Waals surface area contributed by atoms with Crippen LogP contribution in [0.4, 0.5) is 0 Å². The second kappa shape index (κ2) is 4.29. The maximum Gasteiger partial charge on any atom is 0.0693 e. The molecule has 0 aliphatic heterocycles. The molecule has 1 nitrogen and oxygen atoms in total. The van der Waals surface area contributed by atoms with Crippen LogP contribution in [0.1, 0.15) is 42.4 Å². The zero-order chi connectivity index (χ0) is 11.6. The van der Waals surface area contributed by atoms with Crippen molar-refractivity contribution in [3.8, 4) is 6.07 Å². The molecule has 0 radical (unpaired) electrons. The third-order valence-electron chi connectivity index (χ3n) is 3.96. The summed E-state index contributed by atoms with van der Waals surface area (Å²) in [7, 11) is 0. The van der Waals surface area contributed by atoms with Crippen LogP contribution in [0.2, 0.25) is 0 Å². The fraction of sp³-hybridized carbons (Fsp3) is 0.533. The van der Waals surface area contributed by atoms with E-state index in [9.17, 15) is 5.26 Å². The van der Waals surface area contributed by atoms with Crippen LogP contribution in [0.25, 0.3) is 0 Å². The highest BCUT2D eigenvalue weighted by molar-refractivity contribution is 5.35. The zero-order valence-corrected chi connectivity index (χ0v) is 10.2. The van der Waals surface area contributed by atoms with Crippen molar-refractivity contribution in [2.24, 2.45) is 5.41 Å². The second-order valence-electron chi connectivity index (χ2n) is 5.15. The van der Waals surface area contributed by atoms with Crippen LogP contribution in [0, 0.1) is 30.6 Å². The molecule has 1 heteroatoms. The number of hydrogen-bond acceptors (Lipinski definition) is 1. The molecule has 0 amide bonds. The molecule has 1 aromatic rings. The molecular weight excluding hydrogens is 194 g/mol. The van der Waals surface area contributed by atoms with Gasteiger partial charge in [0.25, 0.3) is 0 Å². The quantitative estimate of drug-likeness (QED) is 0.730. The largest absolute Gasteiger partial charge is 0.198 e. The minimum atomic E-state index is -0.0725. The van der Waals surface area contributed by atoms with Crippen LogP contribution in [0.3, 0.4) is 0 Å². The van der Waals surface area contributed by atoms with Gasteiger partial charge in [-0.15, -0.1) is 0 Å². The lowest BCUT2D eigenvalue weighted by Gasteiger charge is -2.22. The summed E-state index contributed by atoms with van der Waals surface area (Å²) in [6.45, 7) is 4.31. The van der Waals surface area contributed by atoms with Gasteiger partial charge in [-0.3, -0.25) is 0 Å². The van der Waals surface area contributed by atoms with Gasteiger partial charge in [-0.1, -0.05) is 31.0 Å². The Bertz CT molecular complexity index is 399. The van der Waals surface area contributed by atoms with E-state index in [1.165, 1.54) is 29.5 Å². The predicted octanol–water partition coefficient (Wildman–Crippen LogP) is 3.93. The first-order chi connectivity index (χ1) is 7.67. The highest BCUT2D eigenvalue weighted by Gasteiger charge is 2.34. The normalized spacial score (nSPS) is 18.3. The molecular formula is C15H19N. The first kappa shape index (κ1) is 11.2. The lowest BCUT2D eigenvalue weighted by Crippen LogP contribution is -2.18. The molecule has 1 fully saturated rings. The summed E-state index contributed by atoms with van der Waals surface area (Å²) in [5.74, 6) is 0. The van der Waals surface area contributed by atoms with Gasteiger partial charge in [0.05, 0.1) is 11.5 Å². The van der Waals surface area contributed by atoms with Gasteiger partial charge >= 0.3 is 0 Å². The Labute approximate surface area is 98.1 Å². The topological polar surface area (TPSA) is 23.8 Å². The molecule has 2 rings (SSSR count). The monoisotopic (exact) mass is 213 g/mol. The summed E-state index contributed by atoms with van der Waals surface area (Å²) in [6.07, 6.45) is 5.55. The summed E-state index contributed by atoms with van der Waals surface area (Å²) in [6, 6.07) is 8.99. The highest BCUT2D eigenvalue weighted by Crippen LogP contribution is 2.41. The van der Waals surface area contributed by atoms with E-state index in [0.29, 0.717) is 0 Å². The molecule has 0 saturated heterocycles. The number of rotatable bonds is 2. The molecule has 84 valence electrons. The molecule has 0 heterocycles. The maximum absolute atomic E-state index is 9.41. The van der Waals surface area contributed by atoms with Crippen LogP contribution in [0.15, 0.2) is 18.2 Å². The Balaban J connectivity index is 2.30. The minimum Gasteiger partial charge on any atom is -0.198 e. The predicted molar refractivity (Wildman–Crippen MR) is 66.1 cm³/mol. The molecule has 1 aromatic carbocycles. The second-order valence-corrected chi connectivity index (χ2v) is 5.15. The first-order valence-corrected chi connectivity index (χ1v) is 6.13. The van der Waals surface area contributed by atoms with E-state index >= 15 is 0 Å². The van der Waals surface area contributed by atoms with Gasteiger partial charge in [0, 0.05) is 0 Å². The minimum absolute atomic E-state index is 0.0725. The molecule has 1 aliphatic rings. The van der Waals surface area contributed by atoms with Gasteiger partial charge in [0.15, 0.2) is 0 Å². The number of hydrogen-bond donors (Lipinski definition) is 0. The maximum atomic E-state index is 9.41. The SMILES string of the molecule is Cc1cccc(C)c1CC1(C#N)CCCC1. The molecule has 16 heavy (non-hydrogen) atoms. The average molecular weight is 213 g/mol. The van der Waals surface area contributed by atoms with Crippen molar-refractivity contribution >= 4 is 0 Å². The van der Waals surface area contributed by atoms with Gasteiger partial charge in [-0.25, -0.2) is 0 Å². The van der Waals surface area contributed by atoms with Crippen LogP contribution >= 0.6 is 0 Å². The van der Waals surface area contributed by atoms with Crippen molar-refractivity contribution in [1.29, 1.82) is 5.26 Å². The van der Waals surface area contributed by atoms with Crippen molar-refractivity contribution in [2.75, 3.05) is 0 Å². The summed E-state index contributed by atoms with van der Waals surface area (Å²) >= 11 is 0. The van der Waals surface area contributed by atoms with Crippen molar-refractivity contribution < 1.29 is 0 Å². The third kappa shape index (κ3) is 1.97. The van der Waals surface area contributed by atoms with Gasteiger partial charge < -0.3 is 0 Å². The van der Waals surface area contributed by atoms with Crippen LogP contribution < -0.4 is 0 Å². The van der Waals surface area contributed by atoms with Crippen LogP contribution in [-0.4, -0.2) is 0 Å². The molecule has 1 aliphatic carbocycles. The van der Waals surface area contributed by atoms with E-state index in [4.69, 9.17) is 0 Å². The van der Waals surface area contributed by atoms with Gasteiger partial charge in [0.2, 0.25) is 0 Å². The zero-order valence-electron chi connectivity index (χ0n) is 10.2. The molecule has 0 unspecified atom stereocenters. The molecule has 0 N–H and O–H groups in total. The van der Waals surface area contributed by atoms with Crippen molar-refractivity contribution in [3.63, 3.8) is 0 Å². The summed E-state index contributed by atoms with van der Waals surface area (Å²) in [4.78, 5) is 0. The average Bonchev–Trinajstić information content (AvgIpc) is 2.73. The summed E-state index contributed by atoms with van der Waals surface area (Å²) in [5.41, 5.74) is 3.99. The van der Waals surface area contributed by atoms with E-state index in [1.54, 1.807) is 0 Å². The molecule has 0 atom stereocenters. The molecule has 0 spiro atoms. The Morgan fingerprint density at radius 2 is 1.75 bits per heavy atom. The molecule has 0 bridgehead atoms.